The molecule has 1 unspecified atom stereocenters. The first kappa shape index (κ1) is 14.9. The lowest BCUT2D eigenvalue weighted by atomic mass is 10.00. The highest BCUT2D eigenvalue weighted by atomic mass is 19.1. The van der Waals surface area contributed by atoms with Gasteiger partial charge in [-0.2, -0.15) is 0 Å². The molecule has 3 nitrogen and oxygen atoms in total. The summed E-state index contributed by atoms with van der Waals surface area (Å²) in [7, 11) is 0. The fourth-order valence-electron chi connectivity index (χ4n) is 2.71. The van der Waals surface area contributed by atoms with Crippen LogP contribution in [0.1, 0.15) is 32.6 Å². The third-order valence-electron chi connectivity index (χ3n) is 3.79. The van der Waals surface area contributed by atoms with Crippen LogP contribution in [0.2, 0.25) is 0 Å². The summed E-state index contributed by atoms with van der Waals surface area (Å²) < 4.78 is 26.9. The first-order valence-corrected chi connectivity index (χ1v) is 7.09. The van der Waals surface area contributed by atoms with E-state index in [1.807, 2.05) is 0 Å². The minimum atomic E-state index is -0.746. The van der Waals surface area contributed by atoms with Gasteiger partial charge >= 0.3 is 0 Å². The van der Waals surface area contributed by atoms with E-state index in [0.29, 0.717) is 6.04 Å². The van der Waals surface area contributed by atoms with Crippen LogP contribution in [0, 0.1) is 11.6 Å². The van der Waals surface area contributed by atoms with Crippen LogP contribution in [-0.2, 0) is 4.79 Å². The molecule has 1 amide bonds. The van der Waals surface area contributed by atoms with Crippen LogP contribution in [0.5, 0.6) is 0 Å². The largest absolute Gasteiger partial charge is 0.320 e. The summed E-state index contributed by atoms with van der Waals surface area (Å²) in [6.07, 6.45) is 4.32. The molecule has 1 aliphatic rings. The molecule has 110 valence electrons. The summed E-state index contributed by atoms with van der Waals surface area (Å²) in [4.78, 5) is 14.1. The van der Waals surface area contributed by atoms with Gasteiger partial charge in [-0.25, -0.2) is 8.78 Å². The van der Waals surface area contributed by atoms with Gasteiger partial charge in [0.15, 0.2) is 0 Å². The monoisotopic (exact) mass is 282 g/mol. The topological polar surface area (TPSA) is 32.3 Å². The lowest BCUT2D eigenvalue weighted by Gasteiger charge is -2.34. The lowest BCUT2D eigenvalue weighted by molar-refractivity contribution is -0.118. The highest BCUT2D eigenvalue weighted by Crippen LogP contribution is 2.20. The van der Waals surface area contributed by atoms with Crippen molar-refractivity contribution in [1.82, 2.24) is 4.90 Å². The van der Waals surface area contributed by atoms with Gasteiger partial charge in [0, 0.05) is 6.04 Å². The molecular weight excluding hydrogens is 262 g/mol. The molecule has 5 heteroatoms. The molecule has 0 saturated carbocycles. The van der Waals surface area contributed by atoms with Crippen molar-refractivity contribution in [2.45, 2.75) is 38.6 Å². The van der Waals surface area contributed by atoms with Gasteiger partial charge in [0.05, 0.1) is 6.54 Å². The average molecular weight is 282 g/mol. The normalized spacial score (nSPS) is 19.9. The van der Waals surface area contributed by atoms with Crippen LogP contribution < -0.4 is 5.32 Å². The molecular formula is C15H20F2N2O. The van der Waals surface area contributed by atoms with E-state index in [1.54, 1.807) is 0 Å². The number of carbonyl (C=O) groups excluding carboxylic acids is 1. The third-order valence-corrected chi connectivity index (χ3v) is 3.79. The Balaban J connectivity index is 1.98. The molecule has 0 aromatic heterocycles. The van der Waals surface area contributed by atoms with Crippen molar-refractivity contribution in [1.29, 1.82) is 0 Å². The molecule has 0 radical (unpaired) electrons. The molecule has 1 fully saturated rings. The van der Waals surface area contributed by atoms with E-state index in [4.69, 9.17) is 0 Å². The number of piperidine rings is 1. The summed E-state index contributed by atoms with van der Waals surface area (Å²) in [6.45, 7) is 3.15. The summed E-state index contributed by atoms with van der Waals surface area (Å²) in [5.74, 6) is -1.86. The van der Waals surface area contributed by atoms with E-state index >= 15 is 0 Å². The van der Waals surface area contributed by atoms with Crippen LogP contribution >= 0.6 is 0 Å². The number of rotatable bonds is 4. The molecule has 0 aliphatic carbocycles. The van der Waals surface area contributed by atoms with Crippen molar-refractivity contribution in [3.8, 4) is 0 Å². The van der Waals surface area contributed by atoms with E-state index in [0.717, 1.165) is 37.9 Å². The van der Waals surface area contributed by atoms with Crippen molar-refractivity contribution in [3.05, 3.63) is 29.8 Å². The molecule has 1 heterocycles. The zero-order valence-electron chi connectivity index (χ0n) is 11.7. The molecule has 0 spiro atoms. The minimum Gasteiger partial charge on any atom is -0.320 e. The van der Waals surface area contributed by atoms with E-state index in [1.165, 1.54) is 12.5 Å². The van der Waals surface area contributed by atoms with Gasteiger partial charge < -0.3 is 5.32 Å². The fourth-order valence-corrected chi connectivity index (χ4v) is 2.71. The number of likely N-dealkylation sites (tertiary alicyclic amines) is 1. The van der Waals surface area contributed by atoms with E-state index in [2.05, 4.69) is 17.1 Å². The van der Waals surface area contributed by atoms with Crippen molar-refractivity contribution < 1.29 is 13.6 Å². The molecule has 1 saturated heterocycles. The molecule has 2 rings (SSSR count). The van der Waals surface area contributed by atoms with Gasteiger partial charge in [-0.3, -0.25) is 9.69 Å². The van der Waals surface area contributed by atoms with Crippen LogP contribution in [0.25, 0.3) is 0 Å². The number of benzene rings is 1. The number of anilines is 1. The van der Waals surface area contributed by atoms with Crippen molar-refractivity contribution in [3.63, 3.8) is 0 Å². The fraction of sp³-hybridized carbons (Fsp3) is 0.533. The number of amides is 1. The Kier molecular flexibility index (Phi) is 5.06. The van der Waals surface area contributed by atoms with Gasteiger partial charge in [0.1, 0.15) is 17.3 Å². The number of hydrogen-bond donors (Lipinski definition) is 1. The number of para-hydroxylation sites is 1. The smallest absolute Gasteiger partial charge is 0.238 e. The Labute approximate surface area is 118 Å². The Bertz CT molecular complexity index is 459. The summed E-state index contributed by atoms with van der Waals surface area (Å²) in [6, 6.07) is 3.93. The van der Waals surface area contributed by atoms with Gasteiger partial charge in [-0.15, -0.1) is 0 Å². The summed E-state index contributed by atoms with van der Waals surface area (Å²) >= 11 is 0. The van der Waals surface area contributed by atoms with Crippen LogP contribution in [-0.4, -0.2) is 29.9 Å². The van der Waals surface area contributed by atoms with Crippen LogP contribution in [0.3, 0.4) is 0 Å². The van der Waals surface area contributed by atoms with Gasteiger partial charge in [0.2, 0.25) is 5.91 Å². The highest BCUT2D eigenvalue weighted by molar-refractivity contribution is 5.92. The number of carbonyl (C=O) groups is 1. The number of hydrogen-bond acceptors (Lipinski definition) is 2. The predicted octanol–water partition coefficient (Wildman–Crippen LogP) is 3.17. The van der Waals surface area contributed by atoms with E-state index < -0.39 is 11.6 Å². The van der Waals surface area contributed by atoms with Gasteiger partial charge in [0.25, 0.3) is 0 Å². The molecule has 1 aromatic rings. The second-order valence-corrected chi connectivity index (χ2v) is 5.17. The molecule has 20 heavy (non-hydrogen) atoms. The maximum atomic E-state index is 13.5. The minimum absolute atomic E-state index is 0.187. The number of halogens is 2. The first-order chi connectivity index (χ1) is 9.61. The average Bonchev–Trinajstić information content (AvgIpc) is 2.44. The van der Waals surface area contributed by atoms with Crippen LogP contribution in [0.4, 0.5) is 14.5 Å². The highest BCUT2D eigenvalue weighted by Gasteiger charge is 2.23. The molecule has 1 aliphatic heterocycles. The van der Waals surface area contributed by atoms with Gasteiger partial charge in [-0.1, -0.05) is 19.4 Å². The quantitative estimate of drug-likeness (QED) is 0.920. The number of nitrogens with one attached hydrogen (secondary N) is 1. The zero-order valence-corrected chi connectivity index (χ0v) is 11.7. The lowest BCUT2D eigenvalue weighted by Crippen LogP contribution is -2.43. The Hall–Kier alpha value is -1.49. The molecule has 1 atom stereocenters. The number of nitrogens with zero attached hydrogens (tertiary/aromatic N) is 1. The standard InChI is InChI=1S/C15H20F2N2O/c1-2-11-6-3-4-9-19(11)10-14(20)18-15-12(16)7-5-8-13(15)17/h5,7-8,11H,2-4,6,9-10H2,1H3,(H,18,20). The second kappa shape index (κ2) is 6.79. The maximum Gasteiger partial charge on any atom is 0.238 e. The first-order valence-electron chi connectivity index (χ1n) is 7.09. The van der Waals surface area contributed by atoms with E-state index in [9.17, 15) is 13.6 Å². The predicted molar refractivity (Wildman–Crippen MR) is 74.5 cm³/mol. The molecule has 1 N–H and O–H groups in total. The zero-order chi connectivity index (χ0) is 14.5. The van der Waals surface area contributed by atoms with Crippen molar-refractivity contribution >= 4 is 11.6 Å². The van der Waals surface area contributed by atoms with Crippen molar-refractivity contribution in [2.24, 2.45) is 0 Å². The van der Waals surface area contributed by atoms with Crippen LogP contribution in [0.15, 0.2) is 18.2 Å². The summed E-state index contributed by atoms with van der Waals surface area (Å²) in [5.41, 5.74) is -0.359. The molecule has 1 aromatic carbocycles. The maximum absolute atomic E-state index is 13.5. The molecule has 0 bridgehead atoms. The SMILES string of the molecule is CCC1CCCCN1CC(=O)Nc1c(F)cccc1F. The van der Waals surface area contributed by atoms with Gasteiger partial charge in [-0.05, 0) is 37.9 Å². The van der Waals surface area contributed by atoms with E-state index in [-0.39, 0.29) is 18.1 Å². The second-order valence-electron chi connectivity index (χ2n) is 5.17. The Morgan fingerprint density at radius 2 is 2.05 bits per heavy atom. The van der Waals surface area contributed by atoms with Crippen molar-refractivity contribution in [2.75, 3.05) is 18.4 Å². The Morgan fingerprint density at radius 1 is 1.35 bits per heavy atom. The Morgan fingerprint density at radius 3 is 2.70 bits per heavy atom. The third kappa shape index (κ3) is 3.54. The summed E-state index contributed by atoms with van der Waals surface area (Å²) in [5, 5.41) is 2.34.